The summed E-state index contributed by atoms with van der Waals surface area (Å²) in [4.78, 5) is 14.5. The van der Waals surface area contributed by atoms with Gasteiger partial charge in [-0.2, -0.15) is 5.10 Å². The van der Waals surface area contributed by atoms with Crippen molar-refractivity contribution >= 4 is 5.97 Å². The first-order valence-corrected chi connectivity index (χ1v) is 9.27. The van der Waals surface area contributed by atoms with Crippen LogP contribution >= 0.6 is 0 Å². The van der Waals surface area contributed by atoms with Gasteiger partial charge in [0.15, 0.2) is 0 Å². The first kappa shape index (κ1) is 19.0. The Bertz CT molecular complexity index is 941. The lowest BCUT2D eigenvalue weighted by atomic mass is 9.92. The van der Waals surface area contributed by atoms with E-state index in [-0.39, 0.29) is 11.0 Å². The lowest BCUT2D eigenvalue weighted by Crippen LogP contribution is -2.12. The molecule has 3 rings (SSSR count). The van der Waals surface area contributed by atoms with Crippen molar-refractivity contribution in [2.75, 3.05) is 0 Å². The Kier molecular flexibility index (Phi) is 4.96. The number of benzene rings is 1. The Morgan fingerprint density at radius 2 is 1.81 bits per heavy atom. The molecule has 0 unspecified atom stereocenters. The smallest absolute Gasteiger partial charge is 0.335 e. The fourth-order valence-electron chi connectivity index (χ4n) is 3.03. The molecule has 27 heavy (non-hydrogen) atoms. The summed E-state index contributed by atoms with van der Waals surface area (Å²) in [5, 5.41) is 13.9. The molecule has 0 radical (unpaired) electrons. The van der Waals surface area contributed by atoms with Crippen molar-refractivity contribution in [3.05, 3.63) is 59.4 Å². The maximum Gasteiger partial charge on any atom is 0.335 e. The van der Waals surface area contributed by atoms with E-state index in [9.17, 15) is 4.79 Å². The maximum atomic E-state index is 11.0. The van der Waals surface area contributed by atoms with Gasteiger partial charge in [-0.3, -0.25) is 0 Å². The van der Waals surface area contributed by atoms with Crippen LogP contribution in [-0.2, 0) is 11.8 Å². The predicted octanol–water partition coefficient (Wildman–Crippen LogP) is 5.06. The van der Waals surface area contributed by atoms with Crippen molar-refractivity contribution in [2.45, 2.75) is 46.5 Å². The molecule has 0 bridgehead atoms. The Morgan fingerprint density at radius 1 is 1.15 bits per heavy atom. The summed E-state index contributed by atoms with van der Waals surface area (Å²) in [5.41, 5.74) is 4.40. The van der Waals surface area contributed by atoms with Gasteiger partial charge >= 0.3 is 5.97 Å². The number of aromatic nitrogens is 3. The number of H-pyrrole nitrogens is 1. The SMILES string of the molecule is CC(C)Cc1cc(C(C)(C)C)nn1-c1ccc(-c2ccc(C(=O)O)cc2)[nH]1. The minimum Gasteiger partial charge on any atom is -0.478 e. The number of carboxylic acids is 1. The van der Waals surface area contributed by atoms with Crippen LogP contribution < -0.4 is 0 Å². The molecule has 5 nitrogen and oxygen atoms in total. The lowest BCUT2D eigenvalue weighted by molar-refractivity contribution is 0.0697. The lowest BCUT2D eigenvalue weighted by Gasteiger charge is -2.14. The van der Waals surface area contributed by atoms with E-state index in [1.807, 2.05) is 28.9 Å². The Labute approximate surface area is 160 Å². The maximum absolute atomic E-state index is 11.0. The van der Waals surface area contributed by atoms with E-state index in [1.165, 1.54) is 5.69 Å². The van der Waals surface area contributed by atoms with E-state index in [2.05, 4.69) is 45.7 Å². The van der Waals surface area contributed by atoms with Crippen LogP contribution in [-0.4, -0.2) is 25.8 Å². The van der Waals surface area contributed by atoms with Crippen molar-refractivity contribution in [1.82, 2.24) is 14.8 Å². The first-order valence-electron chi connectivity index (χ1n) is 9.27. The van der Waals surface area contributed by atoms with Gasteiger partial charge < -0.3 is 10.1 Å². The summed E-state index contributed by atoms with van der Waals surface area (Å²) in [6.45, 7) is 10.9. The van der Waals surface area contributed by atoms with Crippen molar-refractivity contribution < 1.29 is 9.90 Å². The highest BCUT2D eigenvalue weighted by Gasteiger charge is 2.21. The van der Waals surface area contributed by atoms with E-state index in [0.29, 0.717) is 5.92 Å². The van der Waals surface area contributed by atoms with E-state index >= 15 is 0 Å². The third-order valence-electron chi connectivity index (χ3n) is 4.51. The molecule has 0 atom stereocenters. The molecule has 0 saturated carbocycles. The zero-order chi connectivity index (χ0) is 19.8. The van der Waals surface area contributed by atoms with Crippen molar-refractivity contribution in [2.24, 2.45) is 5.92 Å². The van der Waals surface area contributed by atoms with Gasteiger partial charge in [-0.25, -0.2) is 9.48 Å². The van der Waals surface area contributed by atoms with Crippen LogP contribution in [0.2, 0.25) is 0 Å². The summed E-state index contributed by atoms with van der Waals surface area (Å²) < 4.78 is 2.00. The second-order valence-corrected chi connectivity index (χ2v) is 8.42. The predicted molar refractivity (Wildman–Crippen MR) is 108 cm³/mol. The Hall–Kier alpha value is -2.82. The number of aromatic carboxylic acids is 1. The van der Waals surface area contributed by atoms with Crippen LogP contribution in [0.5, 0.6) is 0 Å². The molecule has 0 aliphatic carbocycles. The fraction of sp³-hybridized carbons (Fsp3) is 0.364. The van der Waals surface area contributed by atoms with E-state index < -0.39 is 5.97 Å². The number of hydrogen-bond donors (Lipinski definition) is 2. The number of carbonyl (C=O) groups is 1. The highest BCUT2D eigenvalue weighted by molar-refractivity contribution is 5.88. The van der Waals surface area contributed by atoms with Gasteiger partial charge in [0.05, 0.1) is 11.3 Å². The second-order valence-electron chi connectivity index (χ2n) is 8.42. The highest BCUT2D eigenvalue weighted by atomic mass is 16.4. The number of nitrogens with one attached hydrogen (secondary N) is 1. The molecule has 0 saturated heterocycles. The number of nitrogens with zero attached hydrogens (tertiary/aromatic N) is 2. The van der Waals surface area contributed by atoms with Gasteiger partial charge in [-0.1, -0.05) is 46.8 Å². The van der Waals surface area contributed by atoms with Crippen LogP contribution in [0.1, 0.15) is 56.4 Å². The standard InChI is InChI=1S/C22H27N3O2/c1-14(2)12-17-13-19(22(3,4)5)24-25(17)20-11-10-18(23-20)15-6-8-16(9-7-15)21(26)27/h6-11,13-14,23H,12H2,1-5H3,(H,26,27). The minimum absolute atomic E-state index is 0.0148. The van der Waals surface area contributed by atoms with Gasteiger partial charge in [0.25, 0.3) is 0 Å². The molecule has 0 aliphatic heterocycles. The average molecular weight is 365 g/mol. The van der Waals surface area contributed by atoms with Gasteiger partial charge in [0.2, 0.25) is 0 Å². The zero-order valence-corrected chi connectivity index (χ0v) is 16.6. The molecule has 2 heterocycles. The molecule has 1 aromatic carbocycles. The molecule has 2 aromatic heterocycles. The van der Waals surface area contributed by atoms with Crippen LogP contribution in [0.25, 0.3) is 17.1 Å². The molecule has 2 N–H and O–H groups in total. The summed E-state index contributed by atoms with van der Waals surface area (Å²) in [5.74, 6) is 0.531. The Balaban J connectivity index is 1.98. The molecule has 0 aliphatic rings. The zero-order valence-electron chi connectivity index (χ0n) is 16.6. The van der Waals surface area contributed by atoms with Crippen LogP contribution in [0.4, 0.5) is 0 Å². The Morgan fingerprint density at radius 3 is 2.37 bits per heavy atom. The van der Waals surface area contributed by atoms with Crippen LogP contribution in [0.15, 0.2) is 42.5 Å². The van der Waals surface area contributed by atoms with E-state index in [1.54, 1.807) is 12.1 Å². The molecule has 142 valence electrons. The molecule has 3 aromatic rings. The molecular weight excluding hydrogens is 338 g/mol. The molecule has 0 fully saturated rings. The number of rotatable bonds is 5. The summed E-state index contributed by atoms with van der Waals surface area (Å²) >= 11 is 0. The van der Waals surface area contributed by atoms with E-state index in [0.717, 1.165) is 29.2 Å². The third-order valence-corrected chi connectivity index (χ3v) is 4.51. The number of carboxylic acid groups (broad SMARTS) is 1. The normalized spacial score (nSPS) is 11.9. The van der Waals surface area contributed by atoms with Crippen LogP contribution in [0.3, 0.4) is 0 Å². The topological polar surface area (TPSA) is 70.9 Å². The van der Waals surface area contributed by atoms with Gasteiger partial charge in [-0.05, 0) is 48.2 Å². The average Bonchev–Trinajstić information content (AvgIpc) is 3.20. The quantitative estimate of drug-likeness (QED) is 0.664. The summed E-state index contributed by atoms with van der Waals surface area (Å²) in [7, 11) is 0. The third kappa shape index (κ3) is 4.13. The minimum atomic E-state index is -0.918. The number of hydrogen-bond acceptors (Lipinski definition) is 2. The second kappa shape index (κ2) is 7.06. The molecule has 5 heteroatoms. The van der Waals surface area contributed by atoms with Crippen molar-refractivity contribution in [3.63, 3.8) is 0 Å². The van der Waals surface area contributed by atoms with Gasteiger partial charge in [0.1, 0.15) is 5.82 Å². The fourth-order valence-corrected chi connectivity index (χ4v) is 3.03. The molecular formula is C22H27N3O2. The molecule has 0 spiro atoms. The summed E-state index contributed by atoms with van der Waals surface area (Å²) in [6.07, 6.45) is 0.949. The molecule has 0 amide bonds. The van der Waals surface area contributed by atoms with Crippen molar-refractivity contribution in [1.29, 1.82) is 0 Å². The monoisotopic (exact) mass is 365 g/mol. The summed E-state index contributed by atoms with van der Waals surface area (Å²) in [6, 6.07) is 13.1. The highest BCUT2D eigenvalue weighted by Crippen LogP contribution is 2.26. The van der Waals surface area contributed by atoms with Gasteiger partial charge in [0, 0.05) is 16.8 Å². The van der Waals surface area contributed by atoms with Crippen LogP contribution in [0, 0.1) is 5.92 Å². The first-order chi connectivity index (χ1) is 12.6. The number of aromatic amines is 1. The van der Waals surface area contributed by atoms with Crippen molar-refractivity contribution in [3.8, 4) is 17.1 Å². The van der Waals surface area contributed by atoms with Gasteiger partial charge in [-0.15, -0.1) is 0 Å². The largest absolute Gasteiger partial charge is 0.478 e. The van der Waals surface area contributed by atoms with E-state index in [4.69, 9.17) is 10.2 Å².